The third kappa shape index (κ3) is 6.26. The third-order valence-corrected chi connectivity index (χ3v) is 4.88. The number of fused-ring (bicyclic) bond motifs is 1. The molecule has 0 aliphatic rings. The Morgan fingerprint density at radius 3 is 2.68 bits per heavy atom. The second kappa shape index (κ2) is 11.2. The molecule has 0 bridgehead atoms. The number of aryl methyl sites for hydroxylation is 1. The van der Waals surface area contributed by atoms with Gasteiger partial charge in [-0.05, 0) is 53.4 Å². The molecule has 0 unspecified atom stereocenters. The normalized spacial score (nSPS) is 10.4. The van der Waals surface area contributed by atoms with Crippen LogP contribution in [0.25, 0.3) is 11.0 Å². The third-order valence-electron chi connectivity index (χ3n) is 4.75. The summed E-state index contributed by atoms with van der Waals surface area (Å²) in [6.07, 6.45) is 1.50. The van der Waals surface area contributed by atoms with E-state index in [9.17, 15) is 14.0 Å². The van der Waals surface area contributed by atoms with E-state index in [0.717, 1.165) is 16.9 Å². The lowest BCUT2D eigenvalue weighted by molar-refractivity contribution is -0.111. The van der Waals surface area contributed by atoms with Gasteiger partial charge in [-0.25, -0.2) is 14.4 Å². The average Bonchev–Trinajstić information content (AvgIpc) is 3.20. The van der Waals surface area contributed by atoms with Crippen molar-refractivity contribution in [1.29, 1.82) is 0 Å². The van der Waals surface area contributed by atoms with E-state index in [2.05, 4.69) is 25.5 Å². The Morgan fingerprint density at radius 1 is 1.18 bits per heavy atom. The first-order valence-corrected chi connectivity index (χ1v) is 10.4. The number of carbonyl (C=O) groups is 2. The van der Waals surface area contributed by atoms with Gasteiger partial charge in [-0.1, -0.05) is 24.3 Å². The van der Waals surface area contributed by atoms with Crippen LogP contribution in [0.1, 0.15) is 27.2 Å². The van der Waals surface area contributed by atoms with Crippen LogP contribution in [0, 0.1) is 12.7 Å². The van der Waals surface area contributed by atoms with E-state index < -0.39 is 5.91 Å². The Labute approximate surface area is 199 Å². The van der Waals surface area contributed by atoms with Crippen molar-refractivity contribution in [1.82, 2.24) is 25.5 Å². The number of nitrogens with zero attached hydrogens (tertiary/aromatic N) is 3. The molecule has 2 aromatic heterocycles. The van der Waals surface area contributed by atoms with Gasteiger partial charge in [0.15, 0.2) is 11.5 Å². The number of nitrogen functional groups attached to an aromatic ring is 1. The monoisotopic (exact) mass is 484 g/mol. The van der Waals surface area contributed by atoms with Gasteiger partial charge in [0.1, 0.15) is 28.9 Å². The topological polar surface area (TPSA) is 136 Å². The average molecular weight is 485 g/mol. The summed E-state index contributed by atoms with van der Waals surface area (Å²) < 4.78 is 18.2. The lowest BCUT2D eigenvalue weighted by Gasteiger charge is -2.06. The summed E-state index contributed by atoms with van der Waals surface area (Å²) in [6, 6.07) is 11.9. The van der Waals surface area contributed by atoms with E-state index in [1.165, 1.54) is 12.4 Å². The molecule has 4 rings (SSSR count). The molecule has 0 aliphatic carbocycles. The molecule has 2 heterocycles. The number of H-pyrrole nitrogens is 1. The number of methoxy groups -OCH3 is 1. The van der Waals surface area contributed by atoms with Gasteiger partial charge in [0.25, 0.3) is 5.91 Å². The second-order valence-electron chi connectivity index (χ2n) is 7.20. The van der Waals surface area contributed by atoms with E-state index >= 15 is 0 Å². The number of nitrogens with two attached hydrogens (primary N) is 1. The number of benzene rings is 2. The number of ether oxygens (including phenoxy) is 1. The Morgan fingerprint density at radius 2 is 1.97 bits per heavy atom. The van der Waals surface area contributed by atoms with Gasteiger partial charge in [0.2, 0.25) is 5.24 Å². The van der Waals surface area contributed by atoms with Gasteiger partial charge in [-0.2, -0.15) is 5.10 Å². The quantitative estimate of drug-likeness (QED) is 0.357. The van der Waals surface area contributed by atoms with Crippen molar-refractivity contribution in [2.45, 2.75) is 19.9 Å². The maximum Gasteiger partial charge on any atom is 0.272 e. The van der Waals surface area contributed by atoms with Gasteiger partial charge < -0.3 is 15.8 Å². The van der Waals surface area contributed by atoms with E-state index in [1.54, 1.807) is 32.2 Å². The highest BCUT2D eigenvalue weighted by Crippen LogP contribution is 2.17. The Kier molecular flexibility index (Phi) is 8.10. The minimum absolute atomic E-state index is 0.160. The number of aromatic amines is 1. The lowest BCUT2D eigenvalue weighted by Crippen LogP contribution is -2.24. The zero-order valence-corrected chi connectivity index (χ0v) is 19.2. The molecule has 1 amide bonds. The minimum atomic E-state index is -0.391. The van der Waals surface area contributed by atoms with Crippen LogP contribution in [0.15, 0.2) is 48.8 Å². The maximum atomic E-state index is 13.2. The molecule has 11 heteroatoms. The summed E-state index contributed by atoms with van der Waals surface area (Å²) in [4.78, 5) is 30.7. The molecule has 9 nitrogen and oxygen atoms in total. The van der Waals surface area contributed by atoms with Gasteiger partial charge in [0, 0.05) is 13.0 Å². The van der Waals surface area contributed by atoms with E-state index in [4.69, 9.17) is 22.1 Å². The first kappa shape index (κ1) is 24.6. The molecule has 0 saturated carbocycles. The summed E-state index contributed by atoms with van der Waals surface area (Å²) in [5.41, 5.74) is 8.77. The lowest BCUT2D eigenvalue weighted by atomic mass is 10.1. The molecule has 176 valence electrons. The van der Waals surface area contributed by atoms with Crippen molar-refractivity contribution in [3.05, 3.63) is 77.0 Å². The van der Waals surface area contributed by atoms with Crippen LogP contribution in [0.3, 0.4) is 0 Å². The zero-order chi connectivity index (χ0) is 24.7. The summed E-state index contributed by atoms with van der Waals surface area (Å²) in [5.74, 6) is 0.282. The van der Waals surface area contributed by atoms with Gasteiger partial charge in [-0.3, -0.25) is 14.7 Å². The SMILES string of the molecule is COc1cccc(CC(=O)Cl)c1.Cc1cc(CNC(=O)c2ncnc3c(N)n[nH]c23)ccc1F. The highest BCUT2D eigenvalue weighted by atomic mass is 35.5. The fraction of sp³-hybridized carbons (Fsp3) is 0.174. The number of anilines is 1. The molecule has 4 aromatic rings. The molecular formula is C23H22ClFN6O3. The fourth-order valence-electron chi connectivity index (χ4n) is 3.05. The Hall–Kier alpha value is -4.05. The minimum Gasteiger partial charge on any atom is -0.497 e. The van der Waals surface area contributed by atoms with Crippen molar-refractivity contribution in [2.24, 2.45) is 0 Å². The maximum absolute atomic E-state index is 13.2. The van der Waals surface area contributed by atoms with Crippen LogP contribution in [0.5, 0.6) is 5.75 Å². The van der Waals surface area contributed by atoms with Crippen LogP contribution < -0.4 is 15.8 Å². The molecule has 0 aliphatic heterocycles. The highest BCUT2D eigenvalue weighted by molar-refractivity contribution is 6.63. The van der Waals surface area contributed by atoms with Crippen molar-refractivity contribution in [3.8, 4) is 5.75 Å². The van der Waals surface area contributed by atoms with Crippen molar-refractivity contribution in [2.75, 3.05) is 12.8 Å². The predicted molar refractivity (Wildman–Crippen MR) is 126 cm³/mol. The highest BCUT2D eigenvalue weighted by Gasteiger charge is 2.16. The molecule has 2 aromatic carbocycles. The predicted octanol–water partition coefficient (Wildman–Crippen LogP) is 3.32. The molecule has 4 N–H and O–H groups in total. The molecule has 0 saturated heterocycles. The van der Waals surface area contributed by atoms with E-state index in [-0.39, 0.29) is 35.5 Å². The van der Waals surface area contributed by atoms with Gasteiger partial charge >= 0.3 is 0 Å². The number of amides is 1. The van der Waals surface area contributed by atoms with Crippen molar-refractivity contribution >= 4 is 39.6 Å². The van der Waals surface area contributed by atoms with E-state index in [0.29, 0.717) is 16.6 Å². The summed E-state index contributed by atoms with van der Waals surface area (Å²) in [7, 11) is 1.58. The number of hydrogen-bond donors (Lipinski definition) is 3. The molecule has 0 atom stereocenters. The molecular weight excluding hydrogens is 463 g/mol. The number of rotatable bonds is 6. The molecule has 0 spiro atoms. The number of carbonyl (C=O) groups excluding carboxylic acids is 2. The van der Waals surface area contributed by atoms with Crippen LogP contribution in [-0.4, -0.2) is 38.4 Å². The number of hydrogen-bond acceptors (Lipinski definition) is 7. The smallest absolute Gasteiger partial charge is 0.272 e. The zero-order valence-electron chi connectivity index (χ0n) is 18.4. The van der Waals surface area contributed by atoms with Gasteiger partial charge in [-0.15, -0.1) is 0 Å². The summed E-state index contributed by atoms with van der Waals surface area (Å²) in [5, 5.41) is 8.81. The van der Waals surface area contributed by atoms with Crippen LogP contribution in [-0.2, 0) is 17.8 Å². The van der Waals surface area contributed by atoms with Crippen LogP contribution >= 0.6 is 11.6 Å². The fourth-order valence-corrected chi connectivity index (χ4v) is 3.21. The van der Waals surface area contributed by atoms with Crippen LogP contribution in [0.2, 0.25) is 0 Å². The van der Waals surface area contributed by atoms with E-state index in [1.807, 2.05) is 18.2 Å². The standard InChI is InChI=1S/C14H13FN6O.C9H9ClO2/c1-7-4-8(2-3-9(7)15)5-17-14(22)12-10-11(18-6-19-12)13(16)21-20-10;1-12-8-4-2-3-7(5-8)6-9(10)11/h2-4,6H,5H2,1H3,(H,17,22)(H3,16,20,21);2-5H,6H2,1H3. The van der Waals surface area contributed by atoms with Crippen LogP contribution in [0.4, 0.5) is 10.2 Å². The summed E-state index contributed by atoms with van der Waals surface area (Å²) in [6.45, 7) is 1.93. The molecule has 0 fully saturated rings. The number of aromatic nitrogens is 4. The first-order valence-electron chi connectivity index (χ1n) is 10.1. The Balaban J connectivity index is 0.000000229. The van der Waals surface area contributed by atoms with Crippen molar-refractivity contribution < 1.29 is 18.7 Å². The largest absolute Gasteiger partial charge is 0.497 e. The second-order valence-corrected chi connectivity index (χ2v) is 7.63. The Bertz CT molecular complexity index is 1330. The number of nitrogens with one attached hydrogen (secondary N) is 2. The number of halogens is 2. The molecule has 0 radical (unpaired) electrons. The molecule has 34 heavy (non-hydrogen) atoms. The van der Waals surface area contributed by atoms with Crippen molar-refractivity contribution in [3.63, 3.8) is 0 Å². The van der Waals surface area contributed by atoms with Gasteiger partial charge in [0.05, 0.1) is 7.11 Å². The summed E-state index contributed by atoms with van der Waals surface area (Å²) >= 11 is 5.23. The first-order chi connectivity index (χ1) is 16.3.